The van der Waals surface area contributed by atoms with E-state index in [1.165, 1.54) is 6.07 Å². The van der Waals surface area contributed by atoms with E-state index in [0.29, 0.717) is 6.54 Å². The van der Waals surface area contributed by atoms with Gasteiger partial charge in [-0.25, -0.2) is 4.39 Å². The van der Waals surface area contributed by atoms with E-state index in [2.05, 4.69) is 0 Å². The van der Waals surface area contributed by atoms with Gasteiger partial charge in [0.25, 0.3) is 0 Å². The highest BCUT2D eigenvalue weighted by atomic mass is 19.1. The Balaban J connectivity index is 2.75. The first-order valence-corrected chi connectivity index (χ1v) is 3.55. The van der Waals surface area contributed by atoms with Gasteiger partial charge in [-0.1, -0.05) is 0 Å². The lowest BCUT2D eigenvalue weighted by Crippen LogP contribution is -2.10. The fourth-order valence-electron chi connectivity index (χ4n) is 0.772. The van der Waals surface area contributed by atoms with Crippen LogP contribution in [0.25, 0.3) is 0 Å². The molecule has 0 saturated carbocycles. The second kappa shape index (κ2) is 3.92. The Morgan fingerprint density at radius 3 is 2.92 bits per heavy atom. The molecule has 66 valence electrons. The van der Waals surface area contributed by atoms with E-state index >= 15 is 0 Å². The van der Waals surface area contributed by atoms with Crippen LogP contribution < -0.4 is 10.5 Å². The molecule has 0 saturated heterocycles. The molecule has 3 nitrogen and oxygen atoms in total. The van der Waals surface area contributed by atoms with Crippen LogP contribution in [-0.4, -0.2) is 18.3 Å². The number of ether oxygens (including phenoxy) is 1. The van der Waals surface area contributed by atoms with E-state index in [-0.39, 0.29) is 18.1 Å². The molecule has 0 aliphatic carbocycles. The van der Waals surface area contributed by atoms with E-state index < -0.39 is 5.82 Å². The van der Waals surface area contributed by atoms with Crippen LogP contribution in [0.15, 0.2) is 18.2 Å². The summed E-state index contributed by atoms with van der Waals surface area (Å²) < 4.78 is 17.5. The van der Waals surface area contributed by atoms with Gasteiger partial charge in [-0.15, -0.1) is 0 Å². The molecule has 0 heterocycles. The first-order valence-electron chi connectivity index (χ1n) is 3.55. The zero-order valence-corrected chi connectivity index (χ0v) is 6.46. The van der Waals surface area contributed by atoms with Crippen molar-refractivity contribution in [1.29, 1.82) is 0 Å². The molecule has 0 radical (unpaired) electrons. The predicted octanol–water partition coefficient (Wildman–Crippen LogP) is 0.869. The summed E-state index contributed by atoms with van der Waals surface area (Å²) >= 11 is 0. The van der Waals surface area contributed by atoms with Gasteiger partial charge in [0.05, 0.1) is 0 Å². The summed E-state index contributed by atoms with van der Waals surface area (Å²) in [6.07, 6.45) is 0. The van der Waals surface area contributed by atoms with Crippen LogP contribution in [0.5, 0.6) is 11.5 Å². The van der Waals surface area contributed by atoms with Crippen LogP contribution in [0.4, 0.5) is 4.39 Å². The first-order chi connectivity index (χ1) is 5.74. The van der Waals surface area contributed by atoms with Crippen LogP contribution in [-0.2, 0) is 0 Å². The highest BCUT2D eigenvalue weighted by Crippen LogP contribution is 2.25. The molecular formula is C8H10FNO2. The van der Waals surface area contributed by atoms with Gasteiger partial charge in [0, 0.05) is 12.6 Å². The van der Waals surface area contributed by atoms with Gasteiger partial charge in [-0.2, -0.15) is 0 Å². The zero-order valence-electron chi connectivity index (χ0n) is 6.46. The minimum atomic E-state index is -0.445. The maximum absolute atomic E-state index is 12.6. The Morgan fingerprint density at radius 1 is 1.50 bits per heavy atom. The Kier molecular flexibility index (Phi) is 2.88. The standard InChI is InChI=1S/C8H10FNO2/c9-6-1-2-7(11)8(5-6)12-4-3-10/h1-2,5,11H,3-4,10H2. The van der Waals surface area contributed by atoms with Crippen molar-refractivity contribution >= 4 is 0 Å². The molecule has 0 aromatic heterocycles. The van der Waals surface area contributed by atoms with E-state index in [1.54, 1.807) is 0 Å². The topological polar surface area (TPSA) is 55.5 Å². The van der Waals surface area contributed by atoms with E-state index in [4.69, 9.17) is 15.6 Å². The maximum Gasteiger partial charge on any atom is 0.163 e. The predicted molar refractivity (Wildman–Crippen MR) is 42.6 cm³/mol. The van der Waals surface area contributed by atoms with Gasteiger partial charge in [0.2, 0.25) is 0 Å². The molecule has 12 heavy (non-hydrogen) atoms. The fourth-order valence-corrected chi connectivity index (χ4v) is 0.772. The Hall–Kier alpha value is -1.29. The Bertz CT molecular complexity index is 265. The fraction of sp³-hybridized carbons (Fsp3) is 0.250. The van der Waals surface area contributed by atoms with Crippen molar-refractivity contribution in [1.82, 2.24) is 0 Å². The second-order valence-corrected chi connectivity index (χ2v) is 2.25. The van der Waals surface area contributed by atoms with Crippen molar-refractivity contribution in [3.63, 3.8) is 0 Å². The number of hydrogen-bond donors (Lipinski definition) is 2. The molecule has 0 fully saturated rings. The lowest BCUT2D eigenvalue weighted by molar-refractivity contribution is 0.306. The second-order valence-electron chi connectivity index (χ2n) is 2.25. The van der Waals surface area contributed by atoms with Crippen molar-refractivity contribution in [2.24, 2.45) is 5.73 Å². The van der Waals surface area contributed by atoms with Gasteiger partial charge in [0.15, 0.2) is 11.5 Å². The highest BCUT2D eigenvalue weighted by molar-refractivity contribution is 5.38. The first kappa shape index (κ1) is 8.80. The lowest BCUT2D eigenvalue weighted by Gasteiger charge is -2.05. The summed E-state index contributed by atoms with van der Waals surface area (Å²) in [6, 6.07) is 3.51. The van der Waals surface area contributed by atoms with Gasteiger partial charge in [-0.3, -0.25) is 0 Å². The van der Waals surface area contributed by atoms with E-state index in [9.17, 15) is 4.39 Å². The third-order valence-corrected chi connectivity index (χ3v) is 1.30. The number of rotatable bonds is 3. The molecular weight excluding hydrogens is 161 g/mol. The number of phenolic OH excluding ortho intramolecular Hbond substituents is 1. The molecule has 0 atom stereocenters. The number of nitrogens with two attached hydrogens (primary N) is 1. The van der Waals surface area contributed by atoms with Crippen LogP contribution in [0.1, 0.15) is 0 Å². The van der Waals surface area contributed by atoms with Gasteiger partial charge in [0.1, 0.15) is 12.4 Å². The molecule has 0 unspecified atom stereocenters. The molecule has 0 aliphatic rings. The average Bonchev–Trinajstić information content (AvgIpc) is 2.07. The number of halogens is 1. The third-order valence-electron chi connectivity index (χ3n) is 1.30. The van der Waals surface area contributed by atoms with Gasteiger partial charge >= 0.3 is 0 Å². The minimum Gasteiger partial charge on any atom is -0.504 e. The number of hydrogen-bond acceptors (Lipinski definition) is 3. The zero-order chi connectivity index (χ0) is 8.97. The Labute approximate surface area is 69.6 Å². The molecule has 1 aromatic carbocycles. The summed E-state index contributed by atoms with van der Waals surface area (Å²) in [6.45, 7) is 0.590. The minimum absolute atomic E-state index is 0.0788. The van der Waals surface area contributed by atoms with Crippen molar-refractivity contribution in [3.05, 3.63) is 24.0 Å². The van der Waals surface area contributed by atoms with Crippen molar-refractivity contribution in [2.45, 2.75) is 0 Å². The molecule has 0 amide bonds. The molecule has 3 N–H and O–H groups in total. The van der Waals surface area contributed by atoms with Crippen LogP contribution in [0.3, 0.4) is 0 Å². The monoisotopic (exact) mass is 171 g/mol. The van der Waals surface area contributed by atoms with E-state index in [0.717, 1.165) is 12.1 Å². The summed E-state index contributed by atoms with van der Waals surface area (Å²) in [5.74, 6) is -0.398. The molecule has 4 heteroatoms. The molecule has 1 rings (SSSR count). The Morgan fingerprint density at radius 2 is 2.25 bits per heavy atom. The number of aromatic hydroxyl groups is 1. The quantitative estimate of drug-likeness (QED) is 0.709. The summed E-state index contributed by atoms with van der Waals surface area (Å²) in [4.78, 5) is 0. The third kappa shape index (κ3) is 2.10. The van der Waals surface area contributed by atoms with Crippen molar-refractivity contribution in [2.75, 3.05) is 13.2 Å². The average molecular weight is 171 g/mol. The number of phenols is 1. The van der Waals surface area contributed by atoms with Crippen LogP contribution in [0.2, 0.25) is 0 Å². The highest BCUT2D eigenvalue weighted by Gasteiger charge is 2.02. The van der Waals surface area contributed by atoms with E-state index in [1.807, 2.05) is 0 Å². The maximum atomic E-state index is 12.6. The van der Waals surface area contributed by atoms with Crippen LogP contribution in [0, 0.1) is 5.82 Å². The lowest BCUT2D eigenvalue weighted by atomic mass is 10.3. The SMILES string of the molecule is NCCOc1cc(F)ccc1O. The van der Waals surface area contributed by atoms with Crippen molar-refractivity contribution in [3.8, 4) is 11.5 Å². The molecule has 0 bridgehead atoms. The van der Waals surface area contributed by atoms with Crippen LogP contribution >= 0.6 is 0 Å². The molecule has 0 spiro atoms. The van der Waals surface area contributed by atoms with Gasteiger partial charge < -0.3 is 15.6 Å². The molecule has 1 aromatic rings. The summed E-state index contributed by atoms with van der Waals surface area (Å²) in [5.41, 5.74) is 5.16. The smallest absolute Gasteiger partial charge is 0.163 e. The molecule has 0 aliphatic heterocycles. The number of benzene rings is 1. The van der Waals surface area contributed by atoms with Crippen molar-refractivity contribution < 1.29 is 14.2 Å². The van der Waals surface area contributed by atoms with Gasteiger partial charge in [-0.05, 0) is 12.1 Å². The largest absolute Gasteiger partial charge is 0.504 e. The summed E-state index contributed by atoms with van der Waals surface area (Å²) in [7, 11) is 0. The normalized spacial score (nSPS) is 9.83. The summed E-state index contributed by atoms with van der Waals surface area (Å²) in [5, 5.41) is 9.13.